The van der Waals surface area contributed by atoms with E-state index < -0.39 is 0 Å². The second-order valence-corrected chi connectivity index (χ2v) is 5.55. The van der Waals surface area contributed by atoms with Crippen LogP contribution in [0.15, 0.2) is 41.1 Å². The Morgan fingerprint density at radius 2 is 2.15 bits per heavy atom. The predicted molar refractivity (Wildman–Crippen MR) is 85.0 cm³/mol. The van der Waals surface area contributed by atoms with Crippen LogP contribution in [0, 0.1) is 6.92 Å². The molecule has 4 nitrogen and oxygen atoms in total. The lowest BCUT2D eigenvalue weighted by Gasteiger charge is -2.07. The zero-order valence-electron chi connectivity index (χ0n) is 11.2. The number of fused-ring (bicyclic) bond motifs is 1. The number of H-pyrrole nitrogens is 1. The topological polar surface area (TPSA) is 53.6 Å². The van der Waals surface area contributed by atoms with Crippen molar-refractivity contribution in [1.82, 2.24) is 15.0 Å². The average molecular weight is 331 g/mol. The van der Waals surface area contributed by atoms with Crippen molar-refractivity contribution >= 4 is 32.8 Å². The van der Waals surface area contributed by atoms with Gasteiger partial charge in [0.05, 0.1) is 23.1 Å². The van der Waals surface area contributed by atoms with Gasteiger partial charge in [0.1, 0.15) is 5.82 Å². The maximum Gasteiger partial charge on any atom is 0.126 e. The van der Waals surface area contributed by atoms with Gasteiger partial charge in [-0.1, -0.05) is 6.07 Å². The van der Waals surface area contributed by atoms with Crippen LogP contribution in [0.25, 0.3) is 11.0 Å². The maximum atomic E-state index is 4.47. The van der Waals surface area contributed by atoms with Crippen LogP contribution < -0.4 is 5.32 Å². The van der Waals surface area contributed by atoms with E-state index >= 15 is 0 Å². The highest BCUT2D eigenvalue weighted by Crippen LogP contribution is 2.16. The molecule has 0 radical (unpaired) electrons. The minimum atomic E-state index is 0.855. The lowest BCUT2D eigenvalue weighted by Crippen LogP contribution is -2.06. The van der Waals surface area contributed by atoms with Gasteiger partial charge in [0.2, 0.25) is 0 Å². The molecule has 2 N–H and O–H groups in total. The van der Waals surface area contributed by atoms with Crippen LogP contribution in [0.3, 0.4) is 0 Å². The summed E-state index contributed by atoms with van der Waals surface area (Å²) in [5.41, 5.74) is 4.36. The van der Waals surface area contributed by atoms with E-state index in [0.717, 1.165) is 40.0 Å². The summed E-state index contributed by atoms with van der Waals surface area (Å²) in [6.07, 6.45) is 2.67. The van der Waals surface area contributed by atoms with Crippen LogP contribution in [0.5, 0.6) is 0 Å². The van der Waals surface area contributed by atoms with Crippen molar-refractivity contribution in [2.24, 2.45) is 0 Å². The van der Waals surface area contributed by atoms with Gasteiger partial charge >= 0.3 is 0 Å². The third-order valence-corrected chi connectivity index (χ3v) is 4.06. The van der Waals surface area contributed by atoms with Gasteiger partial charge in [-0.3, -0.25) is 0 Å². The molecule has 3 rings (SSSR count). The van der Waals surface area contributed by atoms with Crippen molar-refractivity contribution < 1.29 is 0 Å². The first-order valence-electron chi connectivity index (χ1n) is 6.51. The summed E-state index contributed by atoms with van der Waals surface area (Å²) in [6, 6.07) is 10.3. The maximum absolute atomic E-state index is 4.47. The van der Waals surface area contributed by atoms with Gasteiger partial charge < -0.3 is 10.3 Å². The summed E-state index contributed by atoms with van der Waals surface area (Å²) in [6.45, 7) is 2.84. The second-order valence-electron chi connectivity index (χ2n) is 4.69. The van der Waals surface area contributed by atoms with Crippen molar-refractivity contribution in [2.75, 3.05) is 11.9 Å². The van der Waals surface area contributed by atoms with Gasteiger partial charge in [-0.25, -0.2) is 9.97 Å². The van der Waals surface area contributed by atoms with E-state index in [1.54, 1.807) is 6.33 Å². The molecule has 0 aliphatic carbocycles. The molecule has 0 fully saturated rings. The Balaban J connectivity index is 1.62. The standard InChI is InChI=1S/C15H15BrN4/c1-10-12(16)3-5-15(20-10)17-7-6-11-2-4-13-14(8-11)19-9-18-13/h2-5,8-9H,6-7H2,1H3,(H,17,20)(H,18,19). The monoisotopic (exact) mass is 330 g/mol. The smallest absolute Gasteiger partial charge is 0.126 e. The van der Waals surface area contributed by atoms with Gasteiger partial charge in [-0.15, -0.1) is 0 Å². The third kappa shape index (κ3) is 2.82. The number of halogens is 1. The Hall–Kier alpha value is -1.88. The largest absolute Gasteiger partial charge is 0.370 e. The highest BCUT2D eigenvalue weighted by Gasteiger charge is 2.01. The minimum Gasteiger partial charge on any atom is -0.370 e. The Morgan fingerprint density at radius 3 is 3.00 bits per heavy atom. The summed E-state index contributed by atoms with van der Waals surface area (Å²) in [7, 11) is 0. The predicted octanol–water partition coefficient (Wildman–Crippen LogP) is 3.68. The zero-order valence-corrected chi connectivity index (χ0v) is 12.7. The van der Waals surface area contributed by atoms with E-state index in [2.05, 4.69) is 48.3 Å². The lowest BCUT2D eigenvalue weighted by atomic mass is 10.1. The molecule has 0 aliphatic rings. The number of aromatic amines is 1. The summed E-state index contributed by atoms with van der Waals surface area (Å²) in [5, 5.41) is 3.35. The Kier molecular flexibility index (Phi) is 3.69. The first-order valence-corrected chi connectivity index (χ1v) is 7.31. The van der Waals surface area contributed by atoms with E-state index in [4.69, 9.17) is 0 Å². The van der Waals surface area contributed by atoms with Crippen LogP contribution in [-0.4, -0.2) is 21.5 Å². The number of imidazole rings is 1. The fraction of sp³-hybridized carbons (Fsp3) is 0.200. The number of pyridine rings is 1. The number of benzene rings is 1. The Morgan fingerprint density at radius 1 is 1.25 bits per heavy atom. The molecule has 20 heavy (non-hydrogen) atoms. The number of rotatable bonds is 4. The molecule has 0 atom stereocenters. The van der Waals surface area contributed by atoms with E-state index in [1.807, 2.05) is 25.1 Å². The minimum absolute atomic E-state index is 0.855. The van der Waals surface area contributed by atoms with E-state index in [1.165, 1.54) is 5.56 Å². The summed E-state index contributed by atoms with van der Waals surface area (Å²) >= 11 is 3.45. The van der Waals surface area contributed by atoms with Crippen LogP contribution in [0.4, 0.5) is 5.82 Å². The van der Waals surface area contributed by atoms with Crippen LogP contribution in [-0.2, 0) is 6.42 Å². The Labute approximate surface area is 125 Å². The van der Waals surface area contributed by atoms with Crippen molar-refractivity contribution in [3.8, 4) is 0 Å². The SMILES string of the molecule is Cc1nc(NCCc2ccc3nc[nH]c3c2)ccc1Br. The lowest BCUT2D eigenvalue weighted by molar-refractivity contribution is 1.00. The number of hydrogen-bond acceptors (Lipinski definition) is 3. The molecule has 1 aromatic carbocycles. The van der Waals surface area contributed by atoms with Crippen molar-refractivity contribution in [1.29, 1.82) is 0 Å². The van der Waals surface area contributed by atoms with Crippen molar-refractivity contribution in [2.45, 2.75) is 13.3 Å². The normalized spacial score (nSPS) is 10.9. The summed E-state index contributed by atoms with van der Waals surface area (Å²) in [4.78, 5) is 11.8. The number of anilines is 1. The fourth-order valence-electron chi connectivity index (χ4n) is 2.12. The molecule has 2 heterocycles. The molecule has 5 heteroatoms. The Bertz CT molecular complexity index is 736. The van der Waals surface area contributed by atoms with E-state index in [0.29, 0.717) is 0 Å². The molecule has 0 saturated heterocycles. The molecule has 2 aromatic heterocycles. The van der Waals surface area contributed by atoms with Gasteiger partial charge in [0.25, 0.3) is 0 Å². The molecule has 102 valence electrons. The summed E-state index contributed by atoms with van der Waals surface area (Å²) in [5.74, 6) is 0.910. The number of nitrogens with zero attached hydrogens (tertiary/aromatic N) is 2. The van der Waals surface area contributed by atoms with Gasteiger partial charge in [0.15, 0.2) is 0 Å². The van der Waals surface area contributed by atoms with E-state index in [9.17, 15) is 0 Å². The van der Waals surface area contributed by atoms with Crippen LogP contribution in [0.1, 0.15) is 11.3 Å². The quantitative estimate of drug-likeness (QED) is 0.767. The zero-order chi connectivity index (χ0) is 13.9. The fourth-order valence-corrected chi connectivity index (χ4v) is 2.34. The molecule has 0 spiro atoms. The van der Waals surface area contributed by atoms with Crippen LogP contribution >= 0.6 is 15.9 Å². The van der Waals surface area contributed by atoms with Gasteiger partial charge in [0, 0.05) is 11.0 Å². The number of aryl methyl sites for hydroxylation is 1. The molecule has 3 aromatic rings. The van der Waals surface area contributed by atoms with Crippen molar-refractivity contribution in [3.63, 3.8) is 0 Å². The van der Waals surface area contributed by atoms with Crippen LogP contribution in [0.2, 0.25) is 0 Å². The number of hydrogen-bond donors (Lipinski definition) is 2. The second kappa shape index (κ2) is 5.63. The van der Waals surface area contributed by atoms with E-state index in [-0.39, 0.29) is 0 Å². The molecule has 0 amide bonds. The number of nitrogens with one attached hydrogen (secondary N) is 2. The average Bonchev–Trinajstić information content (AvgIpc) is 2.90. The first-order chi connectivity index (χ1) is 9.72. The number of aromatic nitrogens is 3. The molecule has 0 saturated carbocycles. The summed E-state index contributed by atoms with van der Waals surface area (Å²) < 4.78 is 1.03. The third-order valence-electron chi connectivity index (χ3n) is 3.23. The van der Waals surface area contributed by atoms with Gasteiger partial charge in [-0.05, 0) is 59.1 Å². The molecule has 0 unspecified atom stereocenters. The highest BCUT2D eigenvalue weighted by molar-refractivity contribution is 9.10. The van der Waals surface area contributed by atoms with Gasteiger partial charge in [-0.2, -0.15) is 0 Å². The highest BCUT2D eigenvalue weighted by atomic mass is 79.9. The molecule has 0 bridgehead atoms. The molecular formula is C15H15BrN4. The molecule has 0 aliphatic heterocycles. The van der Waals surface area contributed by atoms with Crippen molar-refractivity contribution in [3.05, 3.63) is 52.4 Å². The first kappa shape index (κ1) is 13.1. The molecular weight excluding hydrogens is 316 g/mol.